The van der Waals surface area contributed by atoms with Gasteiger partial charge in [0.25, 0.3) is 0 Å². The first kappa shape index (κ1) is 17.7. The van der Waals surface area contributed by atoms with Gasteiger partial charge < -0.3 is 15.4 Å². The second-order valence-electron chi connectivity index (χ2n) is 6.07. The molecule has 2 rings (SSSR count). The largest absolute Gasteiger partial charge is 0.378 e. The molecule has 2 aliphatic heterocycles. The molecule has 0 bridgehead atoms. The van der Waals surface area contributed by atoms with Crippen molar-refractivity contribution in [1.82, 2.24) is 10.6 Å². The highest BCUT2D eigenvalue weighted by atomic mass is 35.5. The van der Waals surface area contributed by atoms with Gasteiger partial charge in [0.1, 0.15) is 0 Å². The molecule has 2 N–H and O–H groups in total. The highest BCUT2D eigenvalue weighted by Gasteiger charge is 2.20. The molecule has 2 atom stereocenters. The number of ether oxygens (including phenoxy) is 1. The van der Waals surface area contributed by atoms with Gasteiger partial charge in [0.2, 0.25) is 5.91 Å². The lowest BCUT2D eigenvalue weighted by Crippen LogP contribution is -2.35. The molecular weight excluding hydrogens is 276 g/mol. The third-order valence-corrected chi connectivity index (χ3v) is 4.29. The molecule has 0 spiro atoms. The molecule has 0 aromatic carbocycles. The maximum Gasteiger partial charge on any atom is 0.220 e. The topological polar surface area (TPSA) is 50.4 Å². The first-order valence-electron chi connectivity index (χ1n) is 7.85. The Labute approximate surface area is 128 Å². The Bertz CT molecular complexity index is 277. The summed E-state index contributed by atoms with van der Waals surface area (Å²) in [4.78, 5) is 11.9. The number of hydrogen-bond acceptors (Lipinski definition) is 3. The van der Waals surface area contributed by atoms with Crippen LogP contribution in [0.5, 0.6) is 0 Å². The second-order valence-corrected chi connectivity index (χ2v) is 6.07. The highest BCUT2D eigenvalue weighted by Crippen LogP contribution is 2.19. The Morgan fingerprint density at radius 3 is 2.75 bits per heavy atom. The second kappa shape index (κ2) is 9.59. The highest BCUT2D eigenvalue weighted by molar-refractivity contribution is 5.85. The fourth-order valence-electron chi connectivity index (χ4n) is 3.14. The third kappa shape index (κ3) is 6.42. The Morgan fingerprint density at radius 1 is 1.35 bits per heavy atom. The summed E-state index contributed by atoms with van der Waals surface area (Å²) in [5, 5.41) is 6.47. The number of carbonyl (C=O) groups is 1. The molecule has 2 aliphatic rings. The van der Waals surface area contributed by atoms with E-state index in [1.54, 1.807) is 0 Å². The SMILES string of the molecule is CC(CC1CCCO1)NC(=O)CCC1CCNCC1.Cl. The van der Waals surface area contributed by atoms with Crippen molar-refractivity contribution in [2.24, 2.45) is 5.92 Å². The molecule has 2 unspecified atom stereocenters. The summed E-state index contributed by atoms with van der Waals surface area (Å²) in [7, 11) is 0. The van der Waals surface area contributed by atoms with Gasteiger partial charge in [-0.3, -0.25) is 4.79 Å². The average Bonchev–Trinajstić information content (AvgIpc) is 2.90. The lowest BCUT2D eigenvalue weighted by atomic mass is 9.93. The van der Waals surface area contributed by atoms with E-state index in [2.05, 4.69) is 17.6 Å². The minimum atomic E-state index is 0. The molecule has 2 heterocycles. The molecule has 0 aromatic rings. The molecule has 0 aromatic heterocycles. The van der Waals surface area contributed by atoms with Gasteiger partial charge in [-0.05, 0) is 64.5 Å². The first-order chi connectivity index (χ1) is 9.24. The molecule has 2 saturated heterocycles. The number of rotatable bonds is 6. The summed E-state index contributed by atoms with van der Waals surface area (Å²) < 4.78 is 5.60. The summed E-state index contributed by atoms with van der Waals surface area (Å²) in [5.74, 6) is 0.949. The Kier molecular flexibility index (Phi) is 8.50. The Hall–Kier alpha value is -0.320. The number of hydrogen-bond donors (Lipinski definition) is 2. The molecule has 118 valence electrons. The van der Waals surface area contributed by atoms with Gasteiger partial charge in [-0.15, -0.1) is 12.4 Å². The zero-order valence-electron chi connectivity index (χ0n) is 12.5. The Morgan fingerprint density at radius 2 is 2.10 bits per heavy atom. The molecular formula is C15H29ClN2O2. The molecule has 4 nitrogen and oxygen atoms in total. The zero-order chi connectivity index (χ0) is 13.5. The monoisotopic (exact) mass is 304 g/mol. The molecule has 0 aliphatic carbocycles. The van der Waals surface area contributed by atoms with Crippen molar-refractivity contribution < 1.29 is 9.53 Å². The number of halogens is 1. The predicted molar refractivity (Wildman–Crippen MR) is 83.3 cm³/mol. The summed E-state index contributed by atoms with van der Waals surface area (Å²) in [6.07, 6.45) is 7.80. The van der Waals surface area contributed by atoms with Crippen LogP contribution in [0.25, 0.3) is 0 Å². The van der Waals surface area contributed by atoms with Crippen LogP contribution in [-0.4, -0.2) is 37.7 Å². The Balaban J connectivity index is 0.00000200. The van der Waals surface area contributed by atoms with Crippen molar-refractivity contribution in [3.8, 4) is 0 Å². The maximum atomic E-state index is 11.9. The van der Waals surface area contributed by atoms with Gasteiger partial charge in [-0.2, -0.15) is 0 Å². The first-order valence-corrected chi connectivity index (χ1v) is 7.85. The average molecular weight is 305 g/mol. The van der Waals surface area contributed by atoms with E-state index in [1.165, 1.54) is 19.3 Å². The molecule has 20 heavy (non-hydrogen) atoms. The minimum Gasteiger partial charge on any atom is -0.378 e. The minimum absolute atomic E-state index is 0. The number of amides is 1. The van der Waals surface area contributed by atoms with Gasteiger partial charge in [0.05, 0.1) is 6.10 Å². The van der Waals surface area contributed by atoms with Crippen molar-refractivity contribution in [3.63, 3.8) is 0 Å². The van der Waals surface area contributed by atoms with E-state index in [0.717, 1.165) is 44.9 Å². The smallest absolute Gasteiger partial charge is 0.220 e. The van der Waals surface area contributed by atoms with E-state index in [9.17, 15) is 4.79 Å². The fourth-order valence-corrected chi connectivity index (χ4v) is 3.14. The van der Waals surface area contributed by atoms with Crippen LogP contribution >= 0.6 is 12.4 Å². The van der Waals surface area contributed by atoms with Crippen molar-refractivity contribution >= 4 is 18.3 Å². The lowest BCUT2D eigenvalue weighted by molar-refractivity contribution is -0.122. The van der Waals surface area contributed by atoms with Crippen molar-refractivity contribution in [2.75, 3.05) is 19.7 Å². The lowest BCUT2D eigenvalue weighted by Gasteiger charge is -2.23. The van der Waals surface area contributed by atoms with Crippen LogP contribution in [-0.2, 0) is 9.53 Å². The van der Waals surface area contributed by atoms with E-state index in [0.29, 0.717) is 12.5 Å². The molecule has 5 heteroatoms. The summed E-state index contributed by atoms with van der Waals surface area (Å²) >= 11 is 0. The van der Waals surface area contributed by atoms with E-state index < -0.39 is 0 Å². The van der Waals surface area contributed by atoms with Crippen LogP contribution in [0.2, 0.25) is 0 Å². The normalized spacial score (nSPS) is 24.9. The van der Waals surface area contributed by atoms with Crippen LogP contribution in [0.15, 0.2) is 0 Å². The molecule has 1 amide bonds. The third-order valence-electron chi connectivity index (χ3n) is 4.29. The van der Waals surface area contributed by atoms with Crippen LogP contribution in [0, 0.1) is 5.92 Å². The standard InChI is InChI=1S/C15H28N2O2.ClH/c1-12(11-14-3-2-10-19-14)17-15(18)5-4-13-6-8-16-9-7-13;/h12-14,16H,2-11H2,1H3,(H,17,18);1H. The maximum absolute atomic E-state index is 11.9. The van der Waals surface area contributed by atoms with Crippen molar-refractivity contribution in [2.45, 2.75) is 64.0 Å². The van der Waals surface area contributed by atoms with Gasteiger partial charge in [0, 0.05) is 19.1 Å². The van der Waals surface area contributed by atoms with Crippen molar-refractivity contribution in [3.05, 3.63) is 0 Å². The van der Waals surface area contributed by atoms with Crippen LogP contribution in [0.4, 0.5) is 0 Å². The van der Waals surface area contributed by atoms with Gasteiger partial charge in [-0.1, -0.05) is 0 Å². The summed E-state index contributed by atoms with van der Waals surface area (Å²) in [5.41, 5.74) is 0. The van der Waals surface area contributed by atoms with Gasteiger partial charge >= 0.3 is 0 Å². The van der Waals surface area contributed by atoms with Crippen LogP contribution in [0.3, 0.4) is 0 Å². The van der Waals surface area contributed by atoms with Crippen LogP contribution < -0.4 is 10.6 Å². The van der Waals surface area contributed by atoms with E-state index in [-0.39, 0.29) is 24.4 Å². The van der Waals surface area contributed by atoms with Gasteiger partial charge in [-0.25, -0.2) is 0 Å². The van der Waals surface area contributed by atoms with E-state index >= 15 is 0 Å². The predicted octanol–water partition coefficient (Wildman–Crippen LogP) is 2.26. The van der Waals surface area contributed by atoms with Gasteiger partial charge in [0.15, 0.2) is 0 Å². The number of nitrogens with one attached hydrogen (secondary N) is 2. The molecule has 0 saturated carbocycles. The van der Waals surface area contributed by atoms with E-state index in [4.69, 9.17) is 4.74 Å². The number of piperidine rings is 1. The zero-order valence-corrected chi connectivity index (χ0v) is 13.3. The summed E-state index contributed by atoms with van der Waals surface area (Å²) in [6, 6.07) is 0.239. The molecule has 0 radical (unpaired) electrons. The van der Waals surface area contributed by atoms with Crippen LogP contribution in [0.1, 0.15) is 51.9 Å². The van der Waals surface area contributed by atoms with Crippen molar-refractivity contribution in [1.29, 1.82) is 0 Å². The number of carbonyl (C=O) groups excluding carboxylic acids is 1. The van der Waals surface area contributed by atoms with E-state index in [1.807, 2.05) is 0 Å². The quantitative estimate of drug-likeness (QED) is 0.791. The summed E-state index contributed by atoms with van der Waals surface area (Å²) in [6.45, 7) is 5.20. The molecule has 2 fully saturated rings. The fraction of sp³-hybridized carbons (Fsp3) is 0.933.